The Hall–Kier alpha value is -3.77. The zero-order valence-electron chi connectivity index (χ0n) is 19.0. The molecule has 12 heteroatoms. The first-order valence-electron chi connectivity index (χ1n) is 11.5. The summed E-state index contributed by atoms with van der Waals surface area (Å²) in [4.78, 5) is 51.7. The number of amides is 2. The molecule has 1 aliphatic heterocycles. The molecule has 1 heterocycles. The molecule has 190 valence electrons. The van der Waals surface area contributed by atoms with Crippen LogP contribution in [-0.4, -0.2) is 73.9 Å². The predicted molar refractivity (Wildman–Crippen MR) is 121 cm³/mol. The van der Waals surface area contributed by atoms with Crippen LogP contribution in [0.5, 0.6) is 5.75 Å². The lowest BCUT2D eigenvalue weighted by atomic mass is 9.59. The second-order valence-corrected chi connectivity index (χ2v) is 9.69. The highest BCUT2D eigenvalue weighted by Crippen LogP contribution is 2.53. The molecule has 3 atom stereocenters. The van der Waals surface area contributed by atoms with Crippen molar-refractivity contribution in [1.82, 2.24) is 4.90 Å². The number of hydrogen-bond donors (Lipinski definition) is 6. The van der Waals surface area contributed by atoms with Gasteiger partial charge in [0.1, 0.15) is 22.9 Å². The topological polar surface area (TPSA) is 190 Å². The average Bonchev–Trinajstić information content (AvgIpc) is 2.76. The van der Waals surface area contributed by atoms with Crippen molar-refractivity contribution >= 4 is 34.8 Å². The van der Waals surface area contributed by atoms with Gasteiger partial charge in [0, 0.05) is 29.5 Å². The number of halogens is 1. The Morgan fingerprint density at radius 2 is 1.89 bits per heavy atom. The Bertz CT molecular complexity index is 1310. The number of nitrogens with two attached hydrogens (primary N) is 1. The molecule has 7 N–H and O–H groups in total. The molecule has 2 amide bonds. The molecule has 0 spiro atoms. The molecule has 36 heavy (non-hydrogen) atoms. The van der Waals surface area contributed by atoms with Gasteiger partial charge in [-0.25, -0.2) is 4.39 Å². The number of benzene rings is 1. The SMILES string of the molecule is NC(=O)C1=C(O)[C@@]2(O)C(=O)C3=C(O)c4c(O)c(NC(=O)CN5CCC5)cc(F)c4CC3C[C@H]2CC1=O. The van der Waals surface area contributed by atoms with Gasteiger partial charge in [-0.3, -0.25) is 24.1 Å². The maximum atomic E-state index is 15.1. The van der Waals surface area contributed by atoms with Gasteiger partial charge in [0.05, 0.1) is 17.8 Å². The summed E-state index contributed by atoms with van der Waals surface area (Å²) < 4.78 is 15.1. The van der Waals surface area contributed by atoms with Crippen LogP contribution in [0.3, 0.4) is 0 Å². The third-order valence-electron chi connectivity index (χ3n) is 7.60. The molecule has 0 radical (unpaired) electrons. The molecule has 1 saturated carbocycles. The van der Waals surface area contributed by atoms with E-state index in [0.29, 0.717) is 0 Å². The van der Waals surface area contributed by atoms with Gasteiger partial charge in [-0.1, -0.05) is 0 Å². The van der Waals surface area contributed by atoms with Crippen molar-refractivity contribution in [3.8, 4) is 5.75 Å². The highest BCUT2D eigenvalue weighted by atomic mass is 19.1. The van der Waals surface area contributed by atoms with E-state index in [9.17, 15) is 39.6 Å². The van der Waals surface area contributed by atoms with E-state index in [4.69, 9.17) is 5.73 Å². The highest BCUT2D eigenvalue weighted by Gasteiger charge is 2.60. The van der Waals surface area contributed by atoms with E-state index in [-0.39, 0.29) is 36.2 Å². The zero-order chi connectivity index (χ0) is 26.1. The lowest BCUT2D eigenvalue weighted by Crippen LogP contribution is -2.58. The Labute approximate surface area is 203 Å². The van der Waals surface area contributed by atoms with Gasteiger partial charge in [0.2, 0.25) is 11.7 Å². The van der Waals surface area contributed by atoms with Crippen LogP contribution < -0.4 is 11.1 Å². The number of hydrogen-bond acceptors (Lipinski definition) is 9. The van der Waals surface area contributed by atoms with Crippen molar-refractivity contribution in [2.24, 2.45) is 17.6 Å². The van der Waals surface area contributed by atoms with Crippen LogP contribution in [0.15, 0.2) is 23.0 Å². The fraction of sp³-hybridized carbons (Fsp3) is 0.417. The molecule has 1 saturated heterocycles. The van der Waals surface area contributed by atoms with Gasteiger partial charge in [0.25, 0.3) is 5.91 Å². The number of phenols is 1. The van der Waals surface area contributed by atoms with E-state index >= 15 is 4.39 Å². The summed E-state index contributed by atoms with van der Waals surface area (Å²) in [7, 11) is 0. The monoisotopic (exact) mass is 501 g/mol. The fourth-order valence-corrected chi connectivity index (χ4v) is 5.67. The van der Waals surface area contributed by atoms with Crippen molar-refractivity contribution in [2.75, 3.05) is 25.0 Å². The molecule has 3 aliphatic carbocycles. The van der Waals surface area contributed by atoms with Gasteiger partial charge in [0.15, 0.2) is 17.1 Å². The number of carbonyl (C=O) groups is 4. The molecule has 5 rings (SSSR count). The predicted octanol–water partition coefficient (Wildman–Crippen LogP) is 0.207. The number of aromatic hydroxyl groups is 1. The van der Waals surface area contributed by atoms with Crippen LogP contribution in [0, 0.1) is 17.7 Å². The third-order valence-corrected chi connectivity index (χ3v) is 7.60. The summed E-state index contributed by atoms with van der Waals surface area (Å²) in [5.74, 6) is -9.31. The molecule has 4 aliphatic rings. The first kappa shape index (κ1) is 23.9. The maximum absolute atomic E-state index is 15.1. The molecular weight excluding hydrogens is 477 g/mol. The molecule has 1 aromatic carbocycles. The highest BCUT2D eigenvalue weighted by molar-refractivity contribution is 6.22. The van der Waals surface area contributed by atoms with Crippen molar-refractivity contribution in [3.05, 3.63) is 39.9 Å². The number of anilines is 1. The molecule has 0 aromatic heterocycles. The van der Waals surface area contributed by atoms with Gasteiger partial charge in [-0.05, 0) is 38.3 Å². The quantitative estimate of drug-likeness (QED) is 0.247. The van der Waals surface area contributed by atoms with E-state index in [1.165, 1.54) is 0 Å². The molecule has 1 aromatic rings. The Morgan fingerprint density at radius 1 is 1.19 bits per heavy atom. The molecule has 11 nitrogen and oxygen atoms in total. The number of ketones is 2. The number of rotatable bonds is 4. The van der Waals surface area contributed by atoms with Crippen molar-refractivity contribution < 1.29 is 44.0 Å². The lowest BCUT2D eigenvalue weighted by molar-refractivity contribution is -0.147. The number of nitrogens with zero attached hydrogens (tertiary/aromatic N) is 1. The molecular formula is C24H24FN3O8. The Morgan fingerprint density at radius 3 is 2.50 bits per heavy atom. The normalized spacial score (nSPS) is 27.7. The van der Waals surface area contributed by atoms with Gasteiger partial charge in [-0.15, -0.1) is 0 Å². The van der Waals surface area contributed by atoms with Crippen LogP contribution in [0.1, 0.15) is 30.4 Å². The van der Waals surface area contributed by atoms with Crippen LogP contribution in [0.2, 0.25) is 0 Å². The number of primary amides is 1. The largest absolute Gasteiger partial charge is 0.508 e. The number of Topliss-reactive ketones (excluding diaryl/α,β-unsaturated/α-hetero) is 2. The van der Waals surface area contributed by atoms with Gasteiger partial charge in [-0.2, -0.15) is 0 Å². The minimum Gasteiger partial charge on any atom is -0.508 e. The zero-order valence-corrected chi connectivity index (χ0v) is 19.0. The minimum absolute atomic E-state index is 0.0344. The Balaban J connectivity index is 1.58. The molecule has 2 fully saturated rings. The number of carbonyl (C=O) groups excluding carboxylic acids is 4. The second kappa shape index (κ2) is 8.14. The molecule has 0 bridgehead atoms. The standard InChI is InChI=1S/C24H24FN3O8/c25-12-7-13(27-15(30)8-28-2-1-3-28)19(31)17-11(12)5-9-4-10-6-14(29)18(23(26)35)22(34)24(10,36)21(33)16(9)20(17)32/h7,9-10,31-32,34,36H,1-6,8H2,(H2,26,35)(H,27,30)/t9?,10-,24-/m0/s1. The minimum atomic E-state index is -2.70. The number of nitrogens with one attached hydrogen (secondary N) is 1. The van der Waals surface area contributed by atoms with Crippen LogP contribution >= 0.6 is 0 Å². The number of likely N-dealkylation sites (tertiary alicyclic amines) is 1. The lowest BCUT2D eigenvalue weighted by Gasteiger charge is -2.46. The number of fused-ring (bicyclic) bond motifs is 3. The first-order chi connectivity index (χ1) is 16.9. The van der Waals surface area contributed by atoms with E-state index in [1.54, 1.807) is 0 Å². The summed E-state index contributed by atoms with van der Waals surface area (Å²) in [5.41, 5.74) is 0.365. The van der Waals surface area contributed by atoms with E-state index in [1.807, 2.05) is 4.90 Å². The smallest absolute Gasteiger partial charge is 0.255 e. The van der Waals surface area contributed by atoms with Crippen molar-refractivity contribution in [2.45, 2.75) is 31.3 Å². The summed E-state index contributed by atoms with van der Waals surface area (Å²) in [6.07, 6.45) is 0.237. The van der Waals surface area contributed by atoms with Crippen LogP contribution in [0.4, 0.5) is 10.1 Å². The van der Waals surface area contributed by atoms with E-state index in [2.05, 4.69) is 5.32 Å². The van der Waals surface area contributed by atoms with E-state index in [0.717, 1.165) is 25.6 Å². The average molecular weight is 501 g/mol. The third kappa shape index (κ3) is 3.32. The van der Waals surface area contributed by atoms with E-state index < -0.39 is 81.5 Å². The van der Waals surface area contributed by atoms with Crippen LogP contribution in [0.25, 0.3) is 5.76 Å². The number of phenolic OH excluding ortho intramolecular Hbond substituents is 1. The first-order valence-corrected chi connectivity index (χ1v) is 11.5. The summed E-state index contributed by atoms with van der Waals surface area (Å²) in [6, 6.07) is 0.930. The summed E-state index contributed by atoms with van der Waals surface area (Å²) in [5, 5.41) is 46.1. The van der Waals surface area contributed by atoms with Crippen molar-refractivity contribution in [3.63, 3.8) is 0 Å². The van der Waals surface area contributed by atoms with Crippen LogP contribution in [-0.2, 0) is 25.6 Å². The number of aliphatic hydroxyl groups excluding tert-OH is 2. The summed E-state index contributed by atoms with van der Waals surface area (Å²) in [6.45, 7) is 1.51. The van der Waals surface area contributed by atoms with Gasteiger partial charge >= 0.3 is 0 Å². The number of aliphatic hydroxyl groups is 3. The van der Waals surface area contributed by atoms with Gasteiger partial charge < -0.3 is 31.5 Å². The van der Waals surface area contributed by atoms with Crippen molar-refractivity contribution in [1.29, 1.82) is 0 Å². The summed E-state index contributed by atoms with van der Waals surface area (Å²) >= 11 is 0. The second-order valence-electron chi connectivity index (χ2n) is 9.69. The fourth-order valence-electron chi connectivity index (χ4n) is 5.67. The Kier molecular flexibility index (Phi) is 5.41. The molecule has 1 unspecified atom stereocenters. The maximum Gasteiger partial charge on any atom is 0.255 e.